The van der Waals surface area contributed by atoms with Gasteiger partial charge in [-0.15, -0.1) is 0 Å². The minimum Gasteiger partial charge on any atom is -0.459 e. The zero-order valence-corrected chi connectivity index (χ0v) is 19.3. The van der Waals surface area contributed by atoms with Crippen LogP contribution in [0.2, 0.25) is 0 Å². The normalized spacial score (nSPS) is 14.5. The molecule has 0 spiro atoms. The highest BCUT2D eigenvalue weighted by Crippen LogP contribution is 2.36. The van der Waals surface area contributed by atoms with Crippen molar-refractivity contribution >= 4 is 44.2 Å². The summed E-state index contributed by atoms with van der Waals surface area (Å²) in [4.78, 5) is 34.7. The van der Waals surface area contributed by atoms with Crippen molar-refractivity contribution in [2.45, 2.75) is 26.2 Å². The number of furan rings is 1. The van der Waals surface area contributed by atoms with Gasteiger partial charge in [-0.3, -0.25) is 14.5 Å². The van der Waals surface area contributed by atoms with Crippen LogP contribution in [0, 0.1) is 5.92 Å². The second kappa shape index (κ2) is 9.19. The van der Waals surface area contributed by atoms with Crippen LogP contribution in [-0.4, -0.2) is 34.8 Å². The number of likely N-dealkylation sites (tertiary alicyclic amines) is 1. The predicted octanol–water partition coefficient (Wildman–Crippen LogP) is 5.67. The Hall–Kier alpha value is -3.45. The standard InChI is InChI=1S/C26H25N3O3S/c1-2-18-9-11-20(12-10-18)29(26-27-21-6-3-4-8-23(21)33-26)24(30)19-13-15-28(16-14-19)25(31)22-7-5-17-32-22/h3-12,17,19H,2,13-16H2,1H3. The largest absolute Gasteiger partial charge is 0.459 e. The number of hydrogen-bond acceptors (Lipinski definition) is 5. The minimum absolute atomic E-state index is 0.0309. The van der Waals surface area contributed by atoms with Gasteiger partial charge in [-0.1, -0.05) is 42.5 Å². The van der Waals surface area contributed by atoms with Gasteiger partial charge in [0.2, 0.25) is 5.91 Å². The summed E-state index contributed by atoms with van der Waals surface area (Å²) >= 11 is 1.52. The van der Waals surface area contributed by atoms with Gasteiger partial charge in [0, 0.05) is 19.0 Å². The van der Waals surface area contributed by atoms with Gasteiger partial charge < -0.3 is 9.32 Å². The molecular formula is C26H25N3O3S. The number of benzene rings is 2. The van der Waals surface area contributed by atoms with E-state index in [9.17, 15) is 9.59 Å². The zero-order valence-electron chi connectivity index (χ0n) is 18.4. The number of hydrogen-bond donors (Lipinski definition) is 0. The molecule has 0 radical (unpaired) electrons. The second-order valence-electron chi connectivity index (χ2n) is 8.20. The van der Waals surface area contributed by atoms with Crippen LogP contribution in [0.3, 0.4) is 0 Å². The molecule has 0 unspecified atom stereocenters. The van der Waals surface area contributed by atoms with Crippen LogP contribution in [0.4, 0.5) is 10.8 Å². The van der Waals surface area contributed by atoms with Crippen LogP contribution in [0.25, 0.3) is 10.2 Å². The van der Waals surface area contributed by atoms with Gasteiger partial charge in [0.25, 0.3) is 5.91 Å². The average molecular weight is 460 g/mol. The van der Waals surface area contributed by atoms with Crippen molar-refractivity contribution < 1.29 is 14.0 Å². The molecule has 3 heterocycles. The summed E-state index contributed by atoms with van der Waals surface area (Å²) in [6.07, 6.45) is 3.67. The lowest BCUT2D eigenvalue weighted by atomic mass is 9.95. The van der Waals surface area contributed by atoms with E-state index in [2.05, 4.69) is 19.1 Å². The van der Waals surface area contributed by atoms with E-state index in [1.54, 1.807) is 21.9 Å². The summed E-state index contributed by atoms with van der Waals surface area (Å²) < 4.78 is 6.30. The lowest BCUT2D eigenvalue weighted by molar-refractivity contribution is -0.122. The van der Waals surface area contributed by atoms with E-state index in [0.717, 1.165) is 22.3 Å². The van der Waals surface area contributed by atoms with Crippen molar-refractivity contribution in [3.05, 3.63) is 78.3 Å². The summed E-state index contributed by atoms with van der Waals surface area (Å²) in [6.45, 7) is 3.17. The number of fused-ring (bicyclic) bond motifs is 1. The highest BCUT2D eigenvalue weighted by atomic mass is 32.1. The van der Waals surface area contributed by atoms with Gasteiger partial charge in [-0.25, -0.2) is 4.98 Å². The topological polar surface area (TPSA) is 66.7 Å². The smallest absolute Gasteiger partial charge is 0.289 e. The Morgan fingerprint density at radius 2 is 1.82 bits per heavy atom. The van der Waals surface area contributed by atoms with Crippen LogP contribution in [0.15, 0.2) is 71.3 Å². The molecule has 5 rings (SSSR count). The number of amides is 2. The monoisotopic (exact) mass is 459 g/mol. The van der Waals surface area contributed by atoms with E-state index in [0.29, 0.717) is 36.8 Å². The number of carbonyl (C=O) groups is 2. The molecule has 33 heavy (non-hydrogen) atoms. The first-order valence-corrected chi connectivity index (χ1v) is 12.1. The average Bonchev–Trinajstić information content (AvgIpc) is 3.54. The highest BCUT2D eigenvalue weighted by molar-refractivity contribution is 7.22. The van der Waals surface area contributed by atoms with E-state index < -0.39 is 0 Å². The third-order valence-electron chi connectivity index (χ3n) is 6.16. The van der Waals surface area contributed by atoms with Crippen LogP contribution < -0.4 is 4.90 Å². The first-order chi connectivity index (χ1) is 16.1. The van der Waals surface area contributed by atoms with Crippen LogP contribution in [0.1, 0.15) is 35.9 Å². The molecule has 168 valence electrons. The van der Waals surface area contributed by atoms with Crippen molar-refractivity contribution in [2.24, 2.45) is 5.92 Å². The highest BCUT2D eigenvalue weighted by Gasteiger charge is 2.33. The predicted molar refractivity (Wildman–Crippen MR) is 130 cm³/mol. The number of thiazole rings is 1. The molecule has 1 aliphatic heterocycles. The van der Waals surface area contributed by atoms with E-state index in [-0.39, 0.29) is 17.7 Å². The third-order valence-corrected chi connectivity index (χ3v) is 7.18. The lowest BCUT2D eigenvalue weighted by Crippen LogP contribution is -2.43. The van der Waals surface area contributed by atoms with E-state index in [1.807, 2.05) is 36.4 Å². The first-order valence-electron chi connectivity index (χ1n) is 11.3. The number of piperidine rings is 1. The molecule has 0 N–H and O–H groups in total. The maximum absolute atomic E-state index is 13.8. The molecule has 1 saturated heterocycles. The molecule has 0 bridgehead atoms. The van der Waals surface area contributed by atoms with E-state index >= 15 is 0 Å². The molecule has 2 aromatic heterocycles. The summed E-state index contributed by atoms with van der Waals surface area (Å²) in [6, 6.07) is 19.4. The van der Waals surface area contributed by atoms with Gasteiger partial charge in [0.15, 0.2) is 10.9 Å². The summed E-state index contributed by atoms with van der Waals surface area (Å²) in [7, 11) is 0. The molecular weight excluding hydrogens is 434 g/mol. The number of aromatic nitrogens is 1. The molecule has 1 fully saturated rings. The molecule has 2 amide bonds. The molecule has 0 aliphatic carbocycles. The number of rotatable bonds is 5. The number of nitrogens with zero attached hydrogens (tertiary/aromatic N) is 3. The third kappa shape index (κ3) is 4.28. The van der Waals surface area contributed by atoms with Gasteiger partial charge in [-0.05, 0) is 61.2 Å². The Labute approximate surface area is 196 Å². The Kier molecular flexibility index (Phi) is 5.96. The first kappa shape index (κ1) is 21.4. The fraction of sp³-hybridized carbons (Fsp3) is 0.269. The molecule has 6 nitrogen and oxygen atoms in total. The molecule has 2 aromatic carbocycles. The number of aryl methyl sites for hydroxylation is 1. The summed E-state index contributed by atoms with van der Waals surface area (Å²) in [5.41, 5.74) is 2.94. The van der Waals surface area contributed by atoms with Crippen LogP contribution in [0.5, 0.6) is 0 Å². The van der Waals surface area contributed by atoms with Crippen LogP contribution in [-0.2, 0) is 11.2 Å². The molecule has 0 saturated carbocycles. The van der Waals surface area contributed by atoms with Gasteiger partial charge in [0.05, 0.1) is 22.2 Å². The molecule has 7 heteroatoms. The fourth-order valence-corrected chi connectivity index (χ4v) is 5.23. The van der Waals surface area contributed by atoms with Crippen molar-refractivity contribution in [3.8, 4) is 0 Å². The number of anilines is 2. The van der Waals surface area contributed by atoms with E-state index in [1.165, 1.54) is 23.2 Å². The second-order valence-corrected chi connectivity index (χ2v) is 9.21. The molecule has 4 aromatic rings. The van der Waals surface area contributed by atoms with Crippen LogP contribution >= 0.6 is 11.3 Å². The Morgan fingerprint density at radius 3 is 2.48 bits per heavy atom. The van der Waals surface area contributed by atoms with Gasteiger partial charge in [0.1, 0.15) is 0 Å². The number of para-hydroxylation sites is 1. The summed E-state index contributed by atoms with van der Waals surface area (Å²) in [5.74, 6) is 0.0721. The number of carbonyl (C=O) groups excluding carboxylic acids is 2. The van der Waals surface area contributed by atoms with Gasteiger partial charge >= 0.3 is 0 Å². The van der Waals surface area contributed by atoms with Crippen molar-refractivity contribution in [3.63, 3.8) is 0 Å². The Morgan fingerprint density at radius 1 is 1.06 bits per heavy atom. The van der Waals surface area contributed by atoms with Crippen molar-refractivity contribution in [2.75, 3.05) is 18.0 Å². The quantitative estimate of drug-likeness (QED) is 0.386. The minimum atomic E-state index is -0.177. The fourth-order valence-electron chi connectivity index (χ4n) is 4.24. The maximum atomic E-state index is 13.8. The van der Waals surface area contributed by atoms with Crippen molar-refractivity contribution in [1.29, 1.82) is 0 Å². The Bertz CT molecular complexity index is 1220. The van der Waals surface area contributed by atoms with E-state index in [4.69, 9.17) is 9.40 Å². The SMILES string of the molecule is CCc1ccc(N(C(=O)C2CCN(C(=O)c3ccco3)CC2)c2nc3ccccc3s2)cc1. The maximum Gasteiger partial charge on any atom is 0.289 e. The summed E-state index contributed by atoms with van der Waals surface area (Å²) in [5, 5.41) is 0.680. The van der Waals surface area contributed by atoms with Crippen molar-refractivity contribution in [1.82, 2.24) is 9.88 Å². The zero-order chi connectivity index (χ0) is 22.8. The molecule has 1 aliphatic rings. The lowest BCUT2D eigenvalue weighted by Gasteiger charge is -2.33. The molecule has 0 atom stereocenters. The van der Waals surface area contributed by atoms with Gasteiger partial charge in [-0.2, -0.15) is 0 Å². The Balaban J connectivity index is 1.40.